The van der Waals surface area contributed by atoms with Crippen LogP contribution in [0.5, 0.6) is 0 Å². The van der Waals surface area contributed by atoms with Gasteiger partial charge in [0.05, 0.1) is 23.1 Å². The summed E-state index contributed by atoms with van der Waals surface area (Å²) in [7, 11) is 0. The van der Waals surface area contributed by atoms with E-state index in [0.717, 1.165) is 17.1 Å². The molecule has 0 bridgehead atoms. The molecule has 1 atom stereocenters. The van der Waals surface area contributed by atoms with Gasteiger partial charge in [0.1, 0.15) is 29.6 Å². The Kier molecular flexibility index (Phi) is 4.06. The number of aromatic nitrogens is 6. The number of hydrogen-bond acceptors (Lipinski definition) is 8. The van der Waals surface area contributed by atoms with Crippen molar-refractivity contribution in [3.63, 3.8) is 0 Å². The molecule has 27 heavy (non-hydrogen) atoms. The molecule has 0 fully saturated rings. The summed E-state index contributed by atoms with van der Waals surface area (Å²) in [5.74, 6) is 1.04. The summed E-state index contributed by atoms with van der Waals surface area (Å²) in [5.41, 5.74) is 8.29. The van der Waals surface area contributed by atoms with E-state index >= 15 is 0 Å². The highest BCUT2D eigenvalue weighted by molar-refractivity contribution is 5.66. The quantitative estimate of drug-likeness (QED) is 0.568. The molecule has 4 aromatic rings. The predicted octanol–water partition coefficient (Wildman–Crippen LogP) is 2.21. The molecule has 0 aliphatic carbocycles. The van der Waals surface area contributed by atoms with Gasteiger partial charge in [-0.05, 0) is 25.1 Å². The molecule has 0 aliphatic rings. The van der Waals surface area contributed by atoms with Crippen molar-refractivity contribution in [2.24, 2.45) is 0 Å². The maximum absolute atomic E-state index is 9.34. The Morgan fingerprint density at radius 3 is 2.78 bits per heavy atom. The van der Waals surface area contributed by atoms with Crippen molar-refractivity contribution in [3.8, 4) is 17.5 Å². The summed E-state index contributed by atoms with van der Waals surface area (Å²) < 4.78 is 1.88. The molecular weight excluding hydrogens is 342 g/mol. The van der Waals surface area contributed by atoms with Crippen LogP contribution in [0.4, 0.5) is 11.6 Å². The third-order valence-corrected chi connectivity index (χ3v) is 4.09. The molecule has 0 aromatic carbocycles. The molecular formula is C18H15N9. The average molecular weight is 357 g/mol. The minimum absolute atomic E-state index is 0.129. The number of rotatable bonds is 4. The average Bonchev–Trinajstić information content (AvgIpc) is 3.08. The molecule has 0 spiro atoms. The Morgan fingerprint density at radius 1 is 1.15 bits per heavy atom. The number of nitrogens with two attached hydrogens (primary N) is 1. The van der Waals surface area contributed by atoms with Crippen molar-refractivity contribution in [2.75, 3.05) is 11.1 Å². The summed E-state index contributed by atoms with van der Waals surface area (Å²) in [6.07, 6.45) is 6.62. The van der Waals surface area contributed by atoms with Crippen LogP contribution in [-0.2, 0) is 0 Å². The van der Waals surface area contributed by atoms with Crippen molar-refractivity contribution < 1.29 is 0 Å². The lowest BCUT2D eigenvalue weighted by Gasteiger charge is -2.15. The lowest BCUT2D eigenvalue weighted by Crippen LogP contribution is -2.12. The van der Waals surface area contributed by atoms with Crippen LogP contribution in [0, 0.1) is 11.3 Å². The Hall–Kier alpha value is -4.06. The first kappa shape index (κ1) is 16.4. The normalized spacial score (nSPS) is 11.9. The minimum atomic E-state index is -0.287. The summed E-state index contributed by atoms with van der Waals surface area (Å²) >= 11 is 0. The highest BCUT2D eigenvalue weighted by Crippen LogP contribution is 2.30. The molecule has 4 heterocycles. The molecule has 9 nitrogen and oxygen atoms in total. The molecule has 1 unspecified atom stereocenters. The summed E-state index contributed by atoms with van der Waals surface area (Å²) in [5, 5.41) is 12.5. The van der Waals surface area contributed by atoms with Gasteiger partial charge in [0, 0.05) is 18.6 Å². The minimum Gasteiger partial charge on any atom is -0.382 e. The molecule has 0 saturated heterocycles. The van der Waals surface area contributed by atoms with Crippen LogP contribution in [0.25, 0.3) is 17.2 Å². The van der Waals surface area contributed by atoms with Gasteiger partial charge in [-0.2, -0.15) is 5.26 Å². The Labute approximate surface area is 154 Å². The lowest BCUT2D eigenvalue weighted by molar-refractivity contribution is 0.841. The number of nitrogens with zero attached hydrogens (tertiary/aromatic N) is 7. The van der Waals surface area contributed by atoms with E-state index < -0.39 is 0 Å². The smallest absolute Gasteiger partial charge is 0.234 e. The second kappa shape index (κ2) is 6.68. The number of nitrogen functional groups attached to an aromatic ring is 1. The van der Waals surface area contributed by atoms with Crippen molar-refractivity contribution in [2.45, 2.75) is 13.0 Å². The van der Waals surface area contributed by atoms with E-state index in [0.29, 0.717) is 11.6 Å². The Bertz CT molecular complexity index is 1140. The van der Waals surface area contributed by atoms with E-state index in [-0.39, 0.29) is 17.4 Å². The zero-order valence-corrected chi connectivity index (χ0v) is 14.4. The molecule has 4 rings (SSSR count). The van der Waals surface area contributed by atoms with Crippen LogP contribution < -0.4 is 11.1 Å². The Morgan fingerprint density at radius 2 is 2.00 bits per heavy atom. The number of imidazole rings is 1. The van der Waals surface area contributed by atoms with Gasteiger partial charge in [0.25, 0.3) is 0 Å². The van der Waals surface area contributed by atoms with E-state index in [1.54, 1.807) is 12.4 Å². The predicted molar refractivity (Wildman–Crippen MR) is 99.4 cm³/mol. The molecule has 0 amide bonds. The van der Waals surface area contributed by atoms with E-state index in [4.69, 9.17) is 5.73 Å². The number of nitrogens with one attached hydrogen (secondary N) is 1. The second-order valence-electron chi connectivity index (χ2n) is 5.81. The first-order valence-corrected chi connectivity index (χ1v) is 8.20. The summed E-state index contributed by atoms with van der Waals surface area (Å²) in [6.45, 7) is 1.92. The fraction of sp³-hybridized carbons (Fsp3) is 0.111. The van der Waals surface area contributed by atoms with Crippen molar-refractivity contribution in [1.82, 2.24) is 29.3 Å². The topological polar surface area (TPSA) is 131 Å². The Balaban J connectivity index is 1.82. The fourth-order valence-corrected chi connectivity index (χ4v) is 2.86. The second-order valence-corrected chi connectivity index (χ2v) is 5.81. The number of nitriles is 1. The van der Waals surface area contributed by atoms with Gasteiger partial charge in [-0.1, -0.05) is 6.07 Å². The highest BCUT2D eigenvalue weighted by atomic mass is 15.1. The third-order valence-electron chi connectivity index (χ3n) is 4.09. The molecule has 9 heteroatoms. The molecule has 132 valence electrons. The number of hydrogen-bond donors (Lipinski definition) is 2. The zero-order valence-electron chi connectivity index (χ0n) is 14.4. The van der Waals surface area contributed by atoms with Crippen LogP contribution in [0.2, 0.25) is 0 Å². The van der Waals surface area contributed by atoms with Crippen molar-refractivity contribution in [1.29, 1.82) is 5.26 Å². The highest BCUT2D eigenvalue weighted by Gasteiger charge is 2.22. The van der Waals surface area contributed by atoms with Crippen LogP contribution >= 0.6 is 0 Å². The maximum atomic E-state index is 9.34. The molecule has 0 radical (unpaired) electrons. The van der Waals surface area contributed by atoms with Crippen molar-refractivity contribution in [3.05, 3.63) is 60.4 Å². The number of fused-ring (bicyclic) bond motifs is 1. The molecule has 3 N–H and O–H groups in total. The molecule has 0 aliphatic heterocycles. The standard InChI is InChI=1S/C18H15N9/c1-11(25-17-12(9-19)16(20)23-10-24-17)14-15(13-5-2-3-6-21-13)27-8-4-7-22-18(27)26-14/h2-8,10-11H,1H3,(H3,20,23,24,25). The molecule has 0 saturated carbocycles. The van der Waals surface area contributed by atoms with E-state index in [1.165, 1.54) is 6.33 Å². The number of anilines is 2. The fourth-order valence-electron chi connectivity index (χ4n) is 2.86. The van der Waals surface area contributed by atoms with E-state index in [9.17, 15) is 5.26 Å². The molecule has 4 aromatic heterocycles. The monoisotopic (exact) mass is 357 g/mol. The van der Waals surface area contributed by atoms with Crippen LogP contribution in [0.3, 0.4) is 0 Å². The lowest BCUT2D eigenvalue weighted by atomic mass is 10.1. The van der Waals surface area contributed by atoms with Gasteiger partial charge < -0.3 is 11.1 Å². The van der Waals surface area contributed by atoms with Gasteiger partial charge >= 0.3 is 0 Å². The van der Waals surface area contributed by atoms with Gasteiger partial charge in [0.15, 0.2) is 0 Å². The van der Waals surface area contributed by atoms with Gasteiger partial charge in [-0.15, -0.1) is 0 Å². The first-order chi connectivity index (χ1) is 13.2. The summed E-state index contributed by atoms with van der Waals surface area (Å²) in [4.78, 5) is 21.4. The van der Waals surface area contributed by atoms with E-state index in [2.05, 4.69) is 30.2 Å². The largest absolute Gasteiger partial charge is 0.382 e. The van der Waals surface area contributed by atoms with Gasteiger partial charge in [0.2, 0.25) is 5.78 Å². The maximum Gasteiger partial charge on any atom is 0.234 e. The van der Waals surface area contributed by atoms with Crippen molar-refractivity contribution >= 4 is 17.4 Å². The van der Waals surface area contributed by atoms with Gasteiger partial charge in [-0.3, -0.25) is 9.38 Å². The first-order valence-electron chi connectivity index (χ1n) is 8.20. The van der Waals surface area contributed by atoms with Crippen LogP contribution in [0.15, 0.2) is 49.2 Å². The van der Waals surface area contributed by atoms with E-state index in [1.807, 2.05) is 47.9 Å². The zero-order chi connectivity index (χ0) is 18.8. The number of pyridine rings is 1. The SMILES string of the molecule is CC(Nc1ncnc(N)c1C#N)c1nc2ncccn2c1-c1ccccn1. The third kappa shape index (κ3) is 2.89. The van der Waals surface area contributed by atoms with Gasteiger partial charge in [-0.25, -0.2) is 19.9 Å². The van der Waals surface area contributed by atoms with Crippen LogP contribution in [0.1, 0.15) is 24.2 Å². The summed E-state index contributed by atoms with van der Waals surface area (Å²) in [6, 6.07) is 9.26. The van der Waals surface area contributed by atoms with Crippen LogP contribution in [-0.4, -0.2) is 29.3 Å².